The van der Waals surface area contributed by atoms with E-state index in [0.717, 1.165) is 36.4 Å². The van der Waals surface area contributed by atoms with E-state index < -0.39 is 21.4 Å². The van der Waals surface area contributed by atoms with Crippen molar-refractivity contribution in [2.45, 2.75) is 50.0 Å². The predicted molar refractivity (Wildman–Crippen MR) is 167 cm³/mol. The van der Waals surface area contributed by atoms with Crippen LogP contribution in [0, 0.1) is 47.3 Å². The molecule has 4 fully saturated rings. The molecule has 0 spiro atoms. The van der Waals surface area contributed by atoms with E-state index in [1.165, 1.54) is 9.80 Å². The second kappa shape index (κ2) is 11.4. The maximum atomic E-state index is 12.9. The SMILES string of the molecule is CC(C)(SC(=S)SC(C)(C)C(=O)OCCN1C(=O)[C@@H]2[C@H](C1=O)[C@H]1C=C[C@@H]2C1)C(=O)OCCN1C(=O)[C@@H]2[C@H](C1=O)[C@H]1C=C[C@@H]2C1. The van der Waals surface area contributed by atoms with Gasteiger partial charge in [-0.3, -0.25) is 38.6 Å². The first kappa shape index (κ1) is 31.5. The monoisotopic (exact) mass is 660 g/mol. The van der Waals surface area contributed by atoms with E-state index >= 15 is 0 Å². The van der Waals surface area contributed by atoms with Crippen molar-refractivity contribution in [1.82, 2.24) is 9.80 Å². The fraction of sp³-hybridized carbons (Fsp3) is 0.645. The number of nitrogens with zero attached hydrogens (tertiary/aromatic N) is 2. The van der Waals surface area contributed by atoms with Crippen LogP contribution in [0.4, 0.5) is 0 Å². The summed E-state index contributed by atoms with van der Waals surface area (Å²) in [6.07, 6.45) is 9.84. The fourth-order valence-electron chi connectivity index (χ4n) is 7.70. The van der Waals surface area contributed by atoms with Crippen LogP contribution in [0.1, 0.15) is 40.5 Å². The molecule has 10 nitrogen and oxygen atoms in total. The zero-order valence-electron chi connectivity index (χ0n) is 25.1. The normalized spacial score (nSPS) is 33.1. The molecule has 0 radical (unpaired) electrons. The highest BCUT2D eigenvalue weighted by atomic mass is 32.2. The van der Waals surface area contributed by atoms with Crippen molar-refractivity contribution in [2.24, 2.45) is 47.3 Å². The quantitative estimate of drug-likeness (QED) is 0.149. The number of ether oxygens (including phenoxy) is 2. The van der Waals surface area contributed by atoms with Gasteiger partial charge in [-0.15, -0.1) is 0 Å². The number of hydrogen-bond acceptors (Lipinski definition) is 11. The third kappa shape index (κ3) is 5.26. The number of rotatable bonds is 10. The molecule has 6 rings (SSSR count). The molecule has 4 bridgehead atoms. The van der Waals surface area contributed by atoms with Crippen molar-refractivity contribution in [3.8, 4) is 0 Å². The van der Waals surface area contributed by atoms with Crippen molar-refractivity contribution in [1.29, 1.82) is 0 Å². The number of fused-ring (bicyclic) bond motifs is 10. The molecule has 0 aromatic rings. The summed E-state index contributed by atoms with van der Waals surface area (Å²) in [6.45, 7) is 6.42. The number of likely N-dealkylation sites (tertiary alicyclic amines) is 2. The molecular formula is C31H36N2O8S3. The average Bonchev–Trinajstić information content (AvgIpc) is 3.79. The van der Waals surface area contributed by atoms with E-state index in [1.54, 1.807) is 27.7 Å². The number of carbonyl (C=O) groups excluding carboxylic acids is 6. The zero-order chi connectivity index (χ0) is 31.7. The van der Waals surface area contributed by atoms with Crippen molar-refractivity contribution in [3.63, 3.8) is 0 Å². The van der Waals surface area contributed by atoms with Crippen LogP contribution in [0.2, 0.25) is 0 Å². The number of amides is 4. The lowest BCUT2D eigenvalue weighted by Crippen LogP contribution is -2.39. The number of allylic oxidation sites excluding steroid dienone is 4. The van der Waals surface area contributed by atoms with Gasteiger partial charge in [0.15, 0.2) is 0 Å². The van der Waals surface area contributed by atoms with Gasteiger partial charge in [0.2, 0.25) is 23.6 Å². The molecule has 2 saturated carbocycles. The molecule has 236 valence electrons. The van der Waals surface area contributed by atoms with E-state index in [4.69, 9.17) is 21.7 Å². The lowest BCUT2D eigenvalue weighted by molar-refractivity contribution is -0.150. The van der Waals surface area contributed by atoms with Crippen LogP contribution >= 0.6 is 35.7 Å². The summed E-state index contributed by atoms with van der Waals surface area (Å²) < 4.78 is 9.05. The largest absolute Gasteiger partial charge is 0.463 e. The molecule has 0 aromatic carbocycles. The number of thiocarbonyl (C=S) groups is 1. The lowest BCUT2D eigenvalue weighted by Gasteiger charge is -2.26. The molecule has 0 aromatic heterocycles. The lowest BCUT2D eigenvalue weighted by atomic mass is 9.85. The summed E-state index contributed by atoms with van der Waals surface area (Å²) in [5, 5.41) is 0. The van der Waals surface area contributed by atoms with Gasteiger partial charge in [-0.2, -0.15) is 0 Å². The Kier molecular flexibility index (Phi) is 8.14. The molecular weight excluding hydrogens is 625 g/mol. The molecule has 6 aliphatic rings. The van der Waals surface area contributed by atoms with E-state index in [0.29, 0.717) is 3.53 Å². The Morgan fingerprint density at radius 2 is 0.977 bits per heavy atom. The highest BCUT2D eigenvalue weighted by molar-refractivity contribution is 8.48. The number of esters is 2. The summed E-state index contributed by atoms with van der Waals surface area (Å²) in [6, 6.07) is 0. The summed E-state index contributed by atoms with van der Waals surface area (Å²) in [5.41, 5.74) is 0. The smallest absolute Gasteiger partial charge is 0.322 e. The van der Waals surface area contributed by atoms with Crippen molar-refractivity contribution in [3.05, 3.63) is 24.3 Å². The Labute approximate surface area is 270 Å². The Morgan fingerprint density at radius 3 is 1.27 bits per heavy atom. The minimum absolute atomic E-state index is 0.0165. The molecule has 4 amide bonds. The third-order valence-electron chi connectivity index (χ3n) is 9.88. The second-order valence-corrected chi connectivity index (χ2v) is 17.9. The van der Waals surface area contributed by atoms with Crippen LogP contribution in [0.5, 0.6) is 0 Å². The van der Waals surface area contributed by atoms with Gasteiger partial charge in [0.25, 0.3) is 0 Å². The Balaban J connectivity index is 0.927. The molecule has 0 N–H and O–H groups in total. The third-order valence-corrected chi connectivity index (χ3v) is 12.6. The van der Waals surface area contributed by atoms with Crippen LogP contribution in [0.3, 0.4) is 0 Å². The molecule has 2 saturated heterocycles. The van der Waals surface area contributed by atoms with Gasteiger partial charge in [0, 0.05) is 0 Å². The minimum atomic E-state index is -1.09. The highest BCUT2D eigenvalue weighted by Gasteiger charge is 2.60. The summed E-state index contributed by atoms with van der Waals surface area (Å²) >= 11 is 7.65. The van der Waals surface area contributed by atoms with Crippen molar-refractivity contribution < 1.29 is 38.2 Å². The van der Waals surface area contributed by atoms with Crippen LogP contribution in [-0.4, -0.2) is 84.7 Å². The molecule has 13 heteroatoms. The maximum absolute atomic E-state index is 12.9. The van der Waals surface area contributed by atoms with E-state index in [9.17, 15) is 28.8 Å². The van der Waals surface area contributed by atoms with Gasteiger partial charge in [0.1, 0.15) is 26.2 Å². The predicted octanol–water partition coefficient (Wildman–Crippen LogP) is 3.00. The second-order valence-electron chi connectivity index (χ2n) is 13.4. The highest BCUT2D eigenvalue weighted by Crippen LogP contribution is 2.53. The van der Waals surface area contributed by atoms with Crippen LogP contribution < -0.4 is 0 Å². The van der Waals surface area contributed by atoms with E-state index in [1.807, 2.05) is 24.3 Å². The van der Waals surface area contributed by atoms with Crippen LogP contribution in [-0.2, 0) is 38.2 Å². The summed E-state index contributed by atoms with van der Waals surface area (Å²) in [4.78, 5) is 79.7. The van der Waals surface area contributed by atoms with Crippen molar-refractivity contribution >= 4 is 74.8 Å². The number of carbonyl (C=O) groups is 6. The Morgan fingerprint density at radius 1 is 0.682 bits per heavy atom. The molecule has 2 heterocycles. The standard InChI is InChI=1S/C31H36N2O8S3/c1-30(2,27(38)40-11-9-32-23(34)19-15-5-6-16(13-15)20(19)24(32)35)43-29(42)44-31(3,4)28(39)41-12-10-33-25(36)21-17-7-8-18(14-17)22(21)26(33)37/h5-8,15-22H,9-14H2,1-4H3/t15-,16+,17-,18+,19+,20-,21+,22-. The molecule has 4 aliphatic carbocycles. The zero-order valence-corrected chi connectivity index (χ0v) is 27.5. The molecule has 8 atom stereocenters. The molecule has 0 unspecified atom stereocenters. The van der Waals surface area contributed by atoms with Crippen LogP contribution in [0.25, 0.3) is 0 Å². The first-order valence-corrected chi connectivity index (χ1v) is 17.1. The van der Waals surface area contributed by atoms with E-state index in [-0.39, 0.29) is 97.3 Å². The average molecular weight is 661 g/mol. The van der Waals surface area contributed by atoms with Gasteiger partial charge < -0.3 is 9.47 Å². The first-order valence-electron chi connectivity index (χ1n) is 15.0. The number of imide groups is 2. The fourth-order valence-corrected chi connectivity index (χ4v) is 11.5. The first-order chi connectivity index (χ1) is 20.7. The van der Waals surface area contributed by atoms with Gasteiger partial charge in [-0.25, -0.2) is 0 Å². The topological polar surface area (TPSA) is 127 Å². The summed E-state index contributed by atoms with van der Waals surface area (Å²) in [5.74, 6) is -2.51. The Bertz CT molecular complexity index is 1240. The molecule has 2 aliphatic heterocycles. The van der Waals surface area contributed by atoms with Gasteiger partial charge in [-0.1, -0.05) is 60.0 Å². The minimum Gasteiger partial charge on any atom is -0.463 e. The van der Waals surface area contributed by atoms with E-state index in [2.05, 4.69) is 0 Å². The number of thioether (sulfide) groups is 2. The number of hydrogen-bond donors (Lipinski definition) is 0. The maximum Gasteiger partial charge on any atom is 0.322 e. The van der Waals surface area contributed by atoms with Crippen LogP contribution in [0.15, 0.2) is 24.3 Å². The Hall–Kier alpha value is -2.51. The van der Waals surface area contributed by atoms with Gasteiger partial charge in [-0.05, 0) is 64.2 Å². The van der Waals surface area contributed by atoms with Crippen molar-refractivity contribution in [2.75, 3.05) is 26.3 Å². The molecule has 44 heavy (non-hydrogen) atoms. The van der Waals surface area contributed by atoms with Gasteiger partial charge >= 0.3 is 11.9 Å². The summed E-state index contributed by atoms with van der Waals surface area (Å²) in [7, 11) is 0. The van der Waals surface area contributed by atoms with Gasteiger partial charge in [0.05, 0.1) is 36.8 Å².